The van der Waals surface area contributed by atoms with Crippen LogP contribution in [-0.4, -0.2) is 61.7 Å². The highest BCUT2D eigenvalue weighted by molar-refractivity contribution is 5.17. The van der Waals surface area contributed by atoms with E-state index in [9.17, 15) is 5.26 Å². The first-order chi connectivity index (χ1) is 9.95. The van der Waals surface area contributed by atoms with Crippen LogP contribution >= 0.6 is 0 Å². The molecule has 1 unspecified atom stereocenters. The van der Waals surface area contributed by atoms with E-state index in [-0.39, 0.29) is 5.54 Å². The molecule has 2 aliphatic rings. The number of nitrogens with one attached hydrogen (secondary N) is 1. The number of nitrogens with zero attached hydrogens (tertiary/aromatic N) is 3. The van der Waals surface area contributed by atoms with E-state index in [1.54, 1.807) is 0 Å². The molecule has 1 heterocycles. The Morgan fingerprint density at radius 2 is 1.90 bits per heavy atom. The van der Waals surface area contributed by atoms with Gasteiger partial charge in [-0.2, -0.15) is 5.26 Å². The lowest BCUT2D eigenvalue weighted by Crippen LogP contribution is -2.56. The van der Waals surface area contributed by atoms with Gasteiger partial charge in [0, 0.05) is 19.1 Å². The third kappa shape index (κ3) is 4.67. The number of hydrogen-bond acceptors (Lipinski definition) is 4. The maximum Gasteiger partial charge on any atom is 0.122 e. The van der Waals surface area contributed by atoms with Crippen LogP contribution < -0.4 is 5.32 Å². The zero-order valence-corrected chi connectivity index (χ0v) is 14.2. The minimum absolute atomic E-state index is 0.339. The quantitative estimate of drug-likeness (QED) is 0.778. The topological polar surface area (TPSA) is 42.3 Å². The number of likely N-dealkylation sites (tertiary alicyclic amines) is 1. The predicted octanol–water partition coefficient (Wildman–Crippen LogP) is 1.93. The minimum atomic E-state index is -0.339. The van der Waals surface area contributed by atoms with Gasteiger partial charge in [-0.25, -0.2) is 0 Å². The molecule has 0 aromatic rings. The van der Waals surface area contributed by atoms with Crippen molar-refractivity contribution in [1.82, 2.24) is 15.1 Å². The summed E-state index contributed by atoms with van der Waals surface area (Å²) in [5.41, 5.74) is -0.339. The Labute approximate surface area is 130 Å². The summed E-state index contributed by atoms with van der Waals surface area (Å²) in [4.78, 5) is 4.81. The van der Waals surface area contributed by atoms with Gasteiger partial charge in [0.05, 0.1) is 6.07 Å². The van der Waals surface area contributed by atoms with Gasteiger partial charge in [-0.3, -0.25) is 5.32 Å². The van der Waals surface area contributed by atoms with Gasteiger partial charge < -0.3 is 9.80 Å². The molecule has 0 radical (unpaired) electrons. The summed E-state index contributed by atoms with van der Waals surface area (Å²) in [5, 5.41) is 13.3. The van der Waals surface area contributed by atoms with Crippen molar-refractivity contribution in [1.29, 1.82) is 5.26 Å². The van der Waals surface area contributed by atoms with Crippen LogP contribution in [0.4, 0.5) is 0 Å². The first-order valence-electron chi connectivity index (χ1n) is 8.51. The first-order valence-corrected chi connectivity index (χ1v) is 8.51. The molecule has 2 fully saturated rings. The van der Waals surface area contributed by atoms with Gasteiger partial charge in [-0.15, -0.1) is 0 Å². The Morgan fingerprint density at radius 3 is 2.38 bits per heavy atom. The molecular formula is C17H32N4. The van der Waals surface area contributed by atoms with Crippen LogP contribution in [0.25, 0.3) is 0 Å². The standard InChI is InChI=1S/C17H32N4/c1-14(2)19-17(12-18,16-5-6-16)13-21(4)11-15-7-9-20(3)10-8-15/h14-16,19H,5-11,13H2,1-4H3. The minimum Gasteiger partial charge on any atom is -0.306 e. The third-order valence-corrected chi connectivity index (χ3v) is 4.95. The second-order valence-corrected chi connectivity index (χ2v) is 7.60. The Bertz CT molecular complexity index is 363. The van der Waals surface area contributed by atoms with Gasteiger partial charge in [0.15, 0.2) is 0 Å². The van der Waals surface area contributed by atoms with Crippen molar-refractivity contribution < 1.29 is 0 Å². The average Bonchev–Trinajstić information content (AvgIpc) is 3.24. The van der Waals surface area contributed by atoms with Gasteiger partial charge in [0.2, 0.25) is 0 Å². The summed E-state index contributed by atoms with van der Waals surface area (Å²) < 4.78 is 0. The Hall–Kier alpha value is -0.630. The van der Waals surface area contributed by atoms with E-state index in [0.29, 0.717) is 12.0 Å². The average molecular weight is 292 g/mol. The highest BCUT2D eigenvalue weighted by Crippen LogP contribution is 2.40. The highest BCUT2D eigenvalue weighted by atomic mass is 15.2. The van der Waals surface area contributed by atoms with Crippen LogP contribution in [0, 0.1) is 23.2 Å². The van der Waals surface area contributed by atoms with Crippen LogP contribution in [0.5, 0.6) is 0 Å². The number of rotatable bonds is 7. The van der Waals surface area contributed by atoms with E-state index in [1.807, 2.05) is 0 Å². The molecule has 4 nitrogen and oxygen atoms in total. The van der Waals surface area contributed by atoms with Crippen LogP contribution in [0.1, 0.15) is 39.5 Å². The first kappa shape index (κ1) is 16.7. The molecule has 1 atom stereocenters. The second-order valence-electron chi connectivity index (χ2n) is 7.60. The summed E-state index contributed by atoms with van der Waals surface area (Å²) in [7, 11) is 4.40. The lowest BCUT2D eigenvalue weighted by atomic mass is 9.91. The maximum absolute atomic E-state index is 9.78. The highest BCUT2D eigenvalue weighted by Gasteiger charge is 2.46. The van der Waals surface area contributed by atoms with E-state index in [2.05, 4.69) is 49.1 Å². The van der Waals surface area contributed by atoms with Crippen molar-refractivity contribution in [3.8, 4) is 6.07 Å². The molecule has 0 spiro atoms. The molecule has 2 rings (SSSR count). The SMILES string of the molecule is CC(C)NC(C#N)(CN(C)CC1CCN(C)CC1)C1CC1. The van der Waals surface area contributed by atoms with Crippen molar-refractivity contribution in [3.05, 3.63) is 0 Å². The fourth-order valence-electron chi connectivity index (χ4n) is 3.72. The summed E-state index contributed by atoms with van der Waals surface area (Å²) in [5.74, 6) is 1.34. The van der Waals surface area contributed by atoms with E-state index in [1.165, 1.54) is 38.8 Å². The van der Waals surface area contributed by atoms with Gasteiger partial charge in [-0.1, -0.05) is 0 Å². The lowest BCUT2D eigenvalue weighted by molar-refractivity contribution is 0.151. The summed E-state index contributed by atoms with van der Waals surface area (Å²) in [6.07, 6.45) is 4.99. The second kappa shape index (κ2) is 7.09. The van der Waals surface area contributed by atoms with Crippen molar-refractivity contribution in [3.63, 3.8) is 0 Å². The number of piperidine rings is 1. The van der Waals surface area contributed by atoms with E-state index >= 15 is 0 Å². The molecule has 1 saturated carbocycles. The molecule has 1 saturated heterocycles. The van der Waals surface area contributed by atoms with Gasteiger partial charge in [-0.05, 0) is 78.6 Å². The molecule has 1 aliphatic carbocycles. The van der Waals surface area contributed by atoms with E-state index < -0.39 is 0 Å². The van der Waals surface area contributed by atoms with Gasteiger partial charge in [0.25, 0.3) is 0 Å². The molecule has 0 aromatic heterocycles. The third-order valence-electron chi connectivity index (χ3n) is 4.95. The van der Waals surface area contributed by atoms with Crippen LogP contribution in [0.2, 0.25) is 0 Å². The lowest BCUT2D eigenvalue weighted by Gasteiger charge is -2.37. The zero-order chi connectivity index (χ0) is 15.5. The molecule has 1 aliphatic heterocycles. The molecular weight excluding hydrogens is 260 g/mol. The van der Waals surface area contributed by atoms with Gasteiger partial charge >= 0.3 is 0 Å². The molecule has 4 heteroatoms. The van der Waals surface area contributed by atoms with Crippen molar-refractivity contribution in [2.24, 2.45) is 11.8 Å². The molecule has 120 valence electrons. The Morgan fingerprint density at radius 1 is 1.29 bits per heavy atom. The van der Waals surface area contributed by atoms with Crippen LogP contribution in [0.3, 0.4) is 0 Å². The normalized spacial score (nSPS) is 24.2. The Balaban J connectivity index is 1.89. The molecule has 0 bridgehead atoms. The summed E-state index contributed by atoms with van der Waals surface area (Å²) >= 11 is 0. The molecule has 0 aromatic carbocycles. The van der Waals surface area contributed by atoms with Gasteiger partial charge in [0.1, 0.15) is 5.54 Å². The fourth-order valence-corrected chi connectivity index (χ4v) is 3.72. The van der Waals surface area contributed by atoms with Crippen LogP contribution in [0.15, 0.2) is 0 Å². The Kier molecular flexibility index (Phi) is 5.65. The zero-order valence-electron chi connectivity index (χ0n) is 14.2. The fraction of sp³-hybridized carbons (Fsp3) is 0.941. The maximum atomic E-state index is 9.78. The largest absolute Gasteiger partial charge is 0.306 e. The summed E-state index contributed by atoms with van der Waals surface area (Å²) in [6.45, 7) is 8.71. The predicted molar refractivity (Wildman–Crippen MR) is 87.1 cm³/mol. The van der Waals surface area contributed by atoms with E-state index in [0.717, 1.165) is 19.0 Å². The number of nitriles is 1. The van der Waals surface area contributed by atoms with E-state index in [4.69, 9.17) is 0 Å². The molecule has 0 amide bonds. The van der Waals surface area contributed by atoms with Crippen molar-refractivity contribution in [2.75, 3.05) is 40.3 Å². The van der Waals surface area contributed by atoms with Crippen molar-refractivity contribution in [2.45, 2.75) is 51.1 Å². The summed E-state index contributed by atoms with van der Waals surface area (Å²) in [6, 6.07) is 2.99. The van der Waals surface area contributed by atoms with Crippen LogP contribution in [-0.2, 0) is 0 Å². The smallest absolute Gasteiger partial charge is 0.122 e. The number of likely N-dealkylation sites (N-methyl/N-ethyl adjacent to an activating group) is 1. The monoisotopic (exact) mass is 292 g/mol. The number of hydrogen-bond donors (Lipinski definition) is 1. The molecule has 21 heavy (non-hydrogen) atoms. The molecule has 1 N–H and O–H groups in total. The van der Waals surface area contributed by atoms with Crippen molar-refractivity contribution >= 4 is 0 Å².